The Morgan fingerprint density at radius 3 is 2.77 bits per heavy atom. The molecule has 0 unspecified atom stereocenters. The van der Waals surface area contributed by atoms with Crippen molar-refractivity contribution in [3.05, 3.63) is 39.4 Å². The lowest BCUT2D eigenvalue weighted by Crippen LogP contribution is -2.28. The van der Waals surface area contributed by atoms with Gasteiger partial charge in [-0.15, -0.1) is 21.5 Å². The Labute approximate surface area is 140 Å². The molecular weight excluding hydrogens is 341 g/mol. The summed E-state index contributed by atoms with van der Waals surface area (Å²) in [6.07, 6.45) is 0. The first-order valence-corrected chi connectivity index (χ1v) is 8.39. The van der Waals surface area contributed by atoms with E-state index in [0.717, 1.165) is 47.5 Å². The van der Waals surface area contributed by atoms with Gasteiger partial charge in [0.05, 0.1) is 6.54 Å². The van der Waals surface area contributed by atoms with Crippen LogP contribution in [0, 0.1) is 0 Å². The van der Waals surface area contributed by atoms with Gasteiger partial charge < -0.3 is 9.88 Å². The standard InChI is InChI=1S/C14H11Cl2N5S/c15-9-3-8(4-10(16)5-9)14-18-11(7-22-14)13-20-19-12-6-17-1-2-21(12)13/h3-5,7,17H,1-2,6H2. The molecule has 0 radical (unpaired) electrons. The molecule has 0 atom stereocenters. The van der Waals surface area contributed by atoms with E-state index in [2.05, 4.69) is 25.1 Å². The number of fused-ring (bicyclic) bond motifs is 1. The van der Waals surface area contributed by atoms with Crippen LogP contribution in [-0.4, -0.2) is 26.3 Å². The number of rotatable bonds is 2. The number of halogens is 2. The molecular formula is C14H11Cl2N5S. The number of aromatic nitrogens is 4. The van der Waals surface area contributed by atoms with Crippen molar-refractivity contribution < 1.29 is 0 Å². The van der Waals surface area contributed by atoms with Crippen LogP contribution < -0.4 is 5.32 Å². The second-order valence-corrected chi connectivity index (χ2v) is 6.70. The van der Waals surface area contributed by atoms with Crippen molar-refractivity contribution in [2.75, 3.05) is 6.54 Å². The molecule has 0 aliphatic carbocycles. The van der Waals surface area contributed by atoms with Crippen LogP contribution in [-0.2, 0) is 13.1 Å². The first kappa shape index (κ1) is 14.1. The van der Waals surface area contributed by atoms with Gasteiger partial charge in [0.25, 0.3) is 0 Å². The highest BCUT2D eigenvalue weighted by molar-refractivity contribution is 7.13. The van der Waals surface area contributed by atoms with Gasteiger partial charge in [0.15, 0.2) is 5.82 Å². The van der Waals surface area contributed by atoms with E-state index < -0.39 is 0 Å². The SMILES string of the molecule is Clc1cc(Cl)cc(-c2nc(-c3nnc4n3CCNC4)cs2)c1. The molecule has 2 aromatic heterocycles. The van der Waals surface area contributed by atoms with Gasteiger partial charge in [-0.2, -0.15) is 0 Å². The summed E-state index contributed by atoms with van der Waals surface area (Å²) in [7, 11) is 0. The average Bonchev–Trinajstić information content (AvgIpc) is 3.12. The summed E-state index contributed by atoms with van der Waals surface area (Å²) in [6.45, 7) is 2.51. The third-order valence-electron chi connectivity index (χ3n) is 3.47. The number of thiazole rings is 1. The molecule has 3 heterocycles. The van der Waals surface area contributed by atoms with E-state index in [1.807, 2.05) is 17.5 Å². The van der Waals surface area contributed by atoms with Gasteiger partial charge in [-0.3, -0.25) is 0 Å². The van der Waals surface area contributed by atoms with Gasteiger partial charge in [-0.05, 0) is 18.2 Å². The molecule has 3 aromatic rings. The van der Waals surface area contributed by atoms with Gasteiger partial charge in [-0.1, -0.05) is 23.2 Å². The highest BCUT2D eigenvalue weighted by Crippen LogP contribution is 2.32. The largest absolute Gasteiger partial charge is 0.308 e. The van der Waals surface area contributed by atoms with Gasteiger partial charge in [-0.25, -0.2) is 4.98 Å². The van der Waals surface area contributed by atoms with Crippen molar-refractivity contribution in [1.82, 2.24) is 25.1 Å². The zero-order valence-corrected chi connectivity index (χ0v) is 13.7. The lowest BCUT2D eigenvalue weighted by molar-refractivity contribution is 0.508. The number of hydrogen-bond donors (Lipinski definition) is 1. The quantitative estimate of drug-likeness (QED) is 0.767. The van der Waals surface area contributed by atoms with E-state index >= 15 is 0 Å². The second kappa shape index (κ2) is 5.62. The maximum absolute atomic E-state index is 6.06. The van der Waals surface area contributed by atoms with Crippen LogP contribution in [0.2, 0.25) is 10.0 Å². The third-order valence-corrected chi connectivity index (χ3v) is 4.79. The van der Waals surface area contributed by atoms with Crippen molar-refractivity contribution in [1.29, 1.82) is 0 Å². The molecule has 0 amide bonds. The molecule has 0 fully saturated rings. The van der Waals surface area contributed by atoms with E-state index in [0.29, 0.717) is 10.0 Å². The Hall–Kier alpha value is -1.47. The van der Waals surface area contributed by atoms with Gasteiger partial charge in [0, 0.05) is 34.1 Å². The molecule has 0 spiro atoms. The second-order valence-electron chi connectivity index (χ2n) is 4.96. The highest BCUT2D eigenvalue weighted by Gasteiger charge is 2.19. The van der Waals surface area contributed by atoms with E-state index in [-0.39, 0.29) is 0 Å². The van der Waals surface area contributed by atoms with E-state index in [9.17, 15) is 0 Å². The van der Waals surface area contributed by atoms with E-state index in [1.54, 1.807) is 17.4 Å². The molecule has 1 aliphatic rings. The first-order valence-electron chi connectivity index (χ1n) is 6.76. The van der Waals surface area contributed by atoms with Gasteiger partial charge >= 0.3 is 0 Å². The van der Waals surface area contributed by atoms with Crippen LogP contribution in [0.4, 0.5) is 0 Å². The predicted molar refractivity (Wildman–Crippen MR) is 88.3 cm³/mol. The molecule has 0 bridgehead atoms. The summed E-state index contributed by atoms with van der Waals surface area (Å²) in [5, 5.41) is 15.8. The van der Waals surface area contributed by atoms with Crippen LogP contribution in [0.3, 0.4) is 0 Å². The van der Waals surface area contributed by atoms with Crippen molar-refractivity contribution in [3.8, 4) is 22.1 Å². The number of benzene rings is 1. The van der Waals surface area contributed by atoms with Crippen molar-refractivity contribution >= 4 is 34.5 Å². The summed E-state index contributed by atoms with van der Waals surface area (Å²) in [4.78, 5) is 4.67. The molecule has 1 N–H and O–H groups in total. The average molecular weight is 352 g/mol. The first-order chi connectivity index (χ1) is 10.7. The van der Waals surface area contributed by atoms with Gasteiger partial charge in [0.1, 0.15) is 16.5 Å². The monoisotopic (exact) mass is 351 g/mol. The summed E-state index contributed by atoms with van der Waals surface area (Å²) in [6, 6.07) is 5.43. The van der Waals surface area contributed by atoms with Crippen molar-refractivity contribution in [2.24, 2.45) is 0 Å². The summed E-state index contributed by atoms with van der Waals surface area (Å²) in [5.41, 5.74) is 1.74. The smallest absolute Gasteiger partial charge is 0.183 e. The zero-order valence-electron chi connectivity index (χ0n) is 11.4. The molecule has 1 aliphatic heterocycles. The molecule has 8 heteroatoms. The lowest BCUT2D eigenvalue weighted by Gasteiger charge is -2.15. The molecule has 1 aromatic carbocycles. The topological polar surface area (TPSA) is 55.6 Å². The van der Waals surface area contributed by atoms with Crippen LogP contribution >= 0.6 is 34.5 Å². The normalized spacial score (nSPS) is 14.1. The number of nitrogens with one attached hydrogen (secondary N) is 1. The van der Waals surface area contributed by atoms with E-state index in [1.165, 1.54) is 0 Å². The fraction of sp³-hybridized carbons (Fsp3) is 0.214. The predicted octanol–water partition coefficient (Wildman–Crippen LogP) is 3.48. The maximum atomic E-state index is 6.06. The Bertz CT molecular complexity index is 821. The Morgan fingerprint density at radius 2 is 1.95 bits per heavy atom. The molecule has 5 nitrogen and oxygen atoms in total. The zero-order chi connectivity index (χ0) is 15.1. The fourth-order valence-electron chi connectivity index (χ4n) is 2.47. The summed E-state index contributed by atoms with van der Waals surface area (Å²) >= 11 is 13.7. The minimum Gasteiger partial charge on any atom is -0.308 e. The molecule has 0 saturated heterocycles. The lowest BCUT2D eigenvalue weighted by atomic mass is 10.2. The van der Waals surface area contributed by atoms with Gasteiger partial charge in [0.2, 0.25) is 0 Å². The van der Waals surface area contributed by atoms with Crippen LogP contribution in [0.5, 0.6) is 0 Å². The van der Waals surface area contributed by atoms with Crippen molar-refractivity contribution in [3.63, 3.8) is 0 Å². The van der Waals surface area contributed by atoms with E-state index in [4.69, 9.17) is 23.2 Å². The van der Waals surface area contributed by atoms with Crippen LogP contribution in [0.25, 0.3) is 22.1 Å². The molecule has 112 valence electrons. The Kier molecular flexibility index (Phi) is 3.62. The van der Waals surface area contributed by atoms with Crippen LogP contribution in [0.15, 0.2) is 23.6 Å². The van der Waals surface area contributed by atoms with Crippen LogP contribution in [0.1, 0.15) is 5.82 Å². The summed E-state index contributed by atoms with van der Waals surface area (Å²) in [5.74, 6) is 1.76. The number of nitrogens with zero attached hydrogens (tertiary/aromatic N) is 4. The number of hydrogen-bond acceptors (Lipinski definition) is 5. The Balaban J connectivity index is 1.74. The van der Waals surface area contributed by atoms with Crippen molar-refractivity contribution in [2.45, 2.75) is 13.1 Å². The fourth-order valence-corrected chi connectivity index (χ4v) is 3.78. The maximum Gasteiger partial charge on any atom is 0.183 e. The molecule has 0 saturated carbocycles. The summed E-state index contributed by atoms with van der Waals surface area (Å²) < 4.78 is 2.11. The third kappa shape index (κ3) is 2.52. The minimum atomic E-state index is 0.602. The molecule has 22 heavy (non-hydrogen) atoms. The Morgan fingerprint density at radius 1 is 1.14 bits per heavy atom. The molecule has 4 rings (SSSR count). The minimum absolute atomic E-state index is 0.602. The highest BCUT2D eigenvalue weighted by atomic mass is 35.5.